The molecule has 10 nitrogen and oxygen atoms in total. The first-order valence-electron chi connectivity index (χ1n) is 8.87. The molecular weight excluding hydrogens is 362 g/mol. The minimum atomic E-state index is -1.14. The van der Waals surface area contributed by atoms with Gasteiger partial charge in [-0.25, -0.2) is 0 Å². The predicted octanol–water partition coefficient (Wildman–Crippen LogP) is -0.436. The van der Waals surface area contributed by atoms with Crippen molar-refractivity contribution >= 4 is 17.9 Å². The second-order valence-electron chi connectivity index (χ2n) is 6.20. The maximum Gasteiger partial charge on any atom is 0.306 e. The van der Waals surface area contributed by atoms with Crippen LogP contribution in [0.2, 0.25) is 0 Å². The van der Waals surface area contributed by atoms with Crippen LogP contribution >= 0.6 is 0 Å². The highest BCUT2D eigenvalue weighted by Gasteiger charge is 2.28. The fourth-order valence-electron chi connectivity index (χ4n) is 2.37. The maximum atomic E-state index is 10.9. The number of aliphatic hydroxyl groups is 3. The Labute approximate surface area is 159 Å². The Morgan fingerprint density at radius 3 is 1.41 bits per heavy atom. The van der Waals surface area contributed by atoms with Gasteiger partial charge in [-0.3, -0.25) is 19.3 Å². The smallest absolute Gasteiger partial charge is 0.306 e. The normalized spacial score (nSPS) is 14.0. The molecule has 3 atom stereocenters. The molecule has 0 spiro atoms. The molecular formula is C17H33NO9. The molecule has 0 radical (unpaired) electrons. The quantitative estimate of drug-likeness (QED) is 0.226. The van der Waals surface area contributed by atoms with Gasteiger partial charge in [-0.1, -0.05) is 13.8 Å². The van der Waals surface area contributed by atoms with Gasteiger partial charge in [0.1, 0.15) is 0 Å². The molecule has 0 saturated carbocycles. The van der Waals surface area contributed by atoms with E-state index in [4.69, 9.17) is 30.6 Å². The molecule has 0 fully saturated rings. The van der Waals surface area contributed by atoms with Gasteiger partial charge in [-0.05, 0) is 19.3 Å². The van der Waals surface area contributed by atoms with Crippen molar-refractivity contribution < 1.29 is 45.0 Å². The number of hydrogen-bond acceptors (Lipinski definition) is 7. The molecule has 0 aromatic rings. The van der Waals surface area contributed by atoms with Crippen LogP contribution in [-0.4, -0.2) is 92.9 Å². The van der Waals surface area contributed by atoms with Gasteiger partial charge in [-0.15, -0.1) is 0 Å². The molecule has 27 heavy (non-hydrogen) atoms. The van der Waals surface area contributed by atoms with Gasteiger partial charge in [0, 0.05) is 19.6 Å². The van der Waals surface area contributed by atoms with E-state index >= 15 is 0 Å². The molecule has 3 unspecified atom stereocenters. The Balaban J connectivity index is 0. The first kappa shape index (κ1) is 27.5. The summed E-state index contributed by atoms with van der Waals surface area (Å²) in [6, 6.07) is 0. The zero-order chi connectivity index (χ0) is 21.4. The Morgan fingerprint density at radius 2 is 1.15 bits per heavy atom. The molecule has 0 aliphatic heterocycles. The number of carboxylic acid groups (broad SMARTS) is 3. The average molecular weight is 395 g/mol. The van der Waals surface area contributed by atoms with Gasteiger partial charge in [0.2, 0.25) is 0 Å². The lowest BCUT2D eigenvalue weighted by molar-refractivity contribution is -0.147. The van der Waals surface area contributed by atoms with Crippen molar-refractivity contribution in [3.8, 4) is 0 Å². The van der Waals surface area contributed by atoms with E-state index in [2.05, 4.69) is 0 Å². The van der Waals surface area contributed by atoms with Gasteiger partial charge >= 0.3 is 17.9 Å². The molecule has 0 rings (SSSR count). The average Bonchev–Trinajstić information content (AvgIpc) is 2.59. The van der Waals surface area contributed by atoms with E-state index in [-0.39, 0.29) is 32.7 Å². The van der Waals surface area contributed by atoms with E-state index < -0.39 is 35.7 Å². The molecule has 0 aliphatic carbocycles. The molecule has 0 aliphatic rings. The van der Waals surface area contributed by atoms with Crippen molar-refractivity contribution in [3.63, 3.8) is 0 Å². The van der Waals surface area contributed by atoms with Gasteiger partial charge in [0.15, 0.2) is 0 Å². The minimum Gasteiger partial charge on any atom is -0.481 e. The summed E-state index contributed by atoms with van der Waals surface area (Å²) in [6.07, 6.45) is 0.258. The zero-order valence-electron chi connectivity index (χ0n) is 16.0. The standard InChI is InChI=1S/C11H18O6.C6H15NO3/c1-3-7(10(14)15)5-8(11(16)17)4-6(2)9(12)13;8-4-1-7(2-5-9)3-6-10/h6-8H,3-5H2,1-2H3,(H,12,13)(H,14,15)(H,16,17);8-10H,1-6H2. The molecule has 0 amide bonds. The molecule has 160 valence electrons. The summed E-state index contributed by atoms with van der Waals surface area (Å²) < 4.78 is 0. The van der Waals surface area contributed by atoms with Gasteiger partial charge in [0.05, 0.1) is 37.6 Å². The Morgan fingerprint density at radius 1 is 0.741 bits per heavy atom. The summed E-state index contributed by atoms with van der Waals surface area (Å²) in [5.74, 6) is -5.71. The fourth-order valence-corrected chi connectivity index (χ4v) is 2.37. The van der Waals surface area contributed by atoms with Crippen molar-refractivity contribution in [2.24, 2.45) is 17.8 Å². The Hall–Kier alpha value is -1.75. The molecule has 0 aromatic carbocycles. The predicted molar refractivity (Wildman–Crippen MR) is 96.3 cm³/mol. The Kier molecular flexibility index (Phi) is 16.7. The number of nitrogens with zero attached hydrogens (tertiary/aromatic N) is 1. The molecule has 0 bridgehead atoms. The fraction of sp³-hybridized carbons (Fsp3) is 0.824. The van der Waals surface area contributed by atoms with Crippen molar-refractivity contribution in [2.45, 2.75) is 33.1 Å². The number of hydrogen-bond donors (Lipinski definition) is 6. The highest BCUT2D eigenvalue weighted by Crippen LogP contribution is 2.23. The van der Waals surface area contributed by atoms with Gasteiger partial charge in [0.25, 0.3) is 0 Å². The van der Waals surface area contributed by atoms with E-state index in [0.717, 1.165) is 0 Å². The molecule has 10 heteroatoms. The molecule has 6 N–H and O–H groups in total. The van der Waals surface area contributed by atoms with E-state index in [1.54, 1.807) is 11.8 Å². The van der Waals surface area contributed by atoms with E-state index in [1.165, 1.54) is 6.92 Å². The third-order valence-corrected chi connectivity index (χ3v) is 4.07. The highest BCUT2D eigenvalue weighted by molar-refractivity contribution is 5.75. The van der Waals surface area contributed by atoms with Crippen molar-refractivity contribution in [3.05, 3.63) is 0 Å². The minimum absolute atomic E-state index is 0.0290. The Bertz CT molecular complexity index is 416. The van der Waals surface area contributed by atoms with E-state index in [9.17, 15) is 14.4 Å². The third-order valence-electron chi connectivity index (χ3n) is 4.07. The lowest BCUT2D eigenvalue weighted by Crippen LogP contribution is -2.32. The summed E-state index contributed by atoms with van der Waals surface area (Å²) in [4.78, 5) is 34.2. The lowest BCUT2D eigenvalue weighted by Gasteiger charge is -2.18. The number of aliphatic hydroxyl groups excluding tert-OH is 3. The SMILES string of the molecule is CCC(CC(CC(C)C(=O)O)C(=O)O)C(=O)O.OCCN(CCO)CCO. The van der Waals surface area contributed by atoms with Crippen LogP contribution in [0.1, 0.15) is 33.1 Å². The van der Waals surface area contributed by atoms with Crippen molar-refractivity contribution in [1.29, 1.82) is 0 Å². The second-order valence-corrected chi connectivity index (χ2v) is 6.20. The van der Waals surface area contributed by atoms with Crippen LogP contribution in [0.25, 0.3) is 0 Å². The van der Waals surface area contributed by atoms with E-state index in [0.29, 0.717) is 26.1 Å². The second kappa shape index (κ2) is 16.4. The topological polar surface area (TPSA) is 176 Å². The first-order chi connectivity index (χ1) is 12.6. The van der Waals surface area contributed by atoms with Crippen LogP contribution in [0.5, 0.6) is 0 Å². The zero-order valence-corrected chi connectivity index (χ0v) is 16.0. The lowest BCUT2D eigenvalue weighted by atomic mass is 9.86. The molecule has 0 saturated heterocycles. The first-order valence-corrected chi connectivity index (χ1v) is 8.87. The summed E-state index contributed by atoms with van der Waals surface area (Å²) in [5, 5.41) is 51.9. The number of carboxylic acids is 3. The van der Waals surface area contributed by atoms with Crippen molar-refractivity contribution in [1.82, 2.24) is 4.90 Å². The molecule has 0 aromatic heterocycles. The summed E-state index contributed by atoms with van der Waals surface area (Å²) >= 11 is 0. The summed E-state index contributed by atoms with van der Waals surface area (Å²) in [6.45, 7) is 4.83. The van der Waals surface area contributed by atoms with Crippen LogP contribution in [0.3, 0.4) is 0 Å². The summed E-state index contributed by atoms with van der Waals surface area (Å²) in [5.41, 5.74) is 0. The van der Waals surface area contributed by atoms with E-state index in [1.807, 2.05) is 0 Å². The number of aliphatic carboxylic acids is 3. The van der Waals surface area contributed by atoms with Crippen LogP contribution in [0, 0.1) is 17.8 Å². The number of carbonyl (C=O) groups is 3. The van der Waals surface area contributed by atoms with Crippen LogP contribution < -0.4 is 0 Å². The third kappa shape index (κ3) is 14.0. The highest BCUT2D eigenvalue weighted by atomic mass is 16.4. The van der Waals surface area contributed by atoms with Crippen LogP contribution in [0.15, 0.2) is 0 Å². The van der Waals surface area contributed by atoms with Crippen molar-refractivity contribution in [2.75, 3.05) is 39.5 Å². The van der Waals surface area contributed by atoms with Gasteiger partial charge < -0.3 is 30.6 Å². The van der Waals surface area contributed by atoms with Crippen LogP contribution in [-0.2, 0) is 14.4 Å². The summed E-state index contributed by atoms with van der Waals surface area (Å²) in [7, 11) is 0. The number of rotatable bonds is 14. The molecule has 0 heterocycles. The van der Waals surface area contributed by atoms with Crippen LogP contribution in [0.4, 0.5) is 0 Å². The maximum absolute atomic E-state index is 10.9. The monoisotopic (exact) mass is 395 g/mol. The van der Waals surface area contributed by atoms with Gasteiger partial charge in [-0.2, -0.15) is 0 Å². The largest absolute Gasteiger partial charge is 0.481 e.